The highest BCUT2D eigenvalue weighted by atomic mass is 32.1. The summed E-state index contributed by atoms with van der Waals surface area (Å²) in [5.41, 5.74) is 10.4. The molecule has 2 aromatic rings. The number of aliphatic hydroxyl groups is 1. The van der Waals surface area contributed by atoms with Crippen LogP contribution in [-0.2, 0) is 16.1 Å². The van der Waals surface area contributed by atoms with E-state index in [1.807, 2.05) is 36.7 Å². The first kappa shape index (κ1) is 19.6. The molecule has 1 fully saturated rings. The van der Waals surface area contributed by atoms with Gasteiger partial charge >= 0.3 is 0 Å². The summed E-state index contributed by atoms with van der Waals surface area (Å²) in [5, 5.41) is 12.6. The lowest BCUT2D eigenvalue weighted by molar-refractivity contribution is -0.147. The second-order valence-corrected chi connectivity index (χ2v) is 7.72. The van der Waals surface area contributed by atoms with Gasteiger partial charge in [-0.1, -0.05) is 24.3 Å². The van der Waals surface area contributed by atoms with Gasteiger partial charge in [-0.25, -0.2) is 4.98 Å². The summed E-state index contributed by atoms with van der Waals surface area (Å²) < 4.78 is 0. The van der Waals surface area contributed by atoms with Crippen LogP contribution in [0.4, 0.5) is 0 Å². The van der Waals surface area contributed by atoms with Crippen LogP contribution in [0.25, 0.3) is 10.4 Å². The molecule has 0 unspecified atom stereocenters. The molecule has 0 aliphatic carbocycles. The molecule has 7 nitrogen and oxygen atoms in total. The molecule has 3 atom stereocenters. The zero-order valence-electron chi connectivity index (χ0n) is 15.4. The minimum Gasteiger partial charge on any atom is -0.392 e. The third-order valence-electron chi connectivity index (χ3n) is 4.63. The Labute approximate surface area is 162 Å². The van der Waals surface area contributed by atoms with Crippen molar-refractivity contribution < 1.29 is 14.7 Å². The van der Waals surface area contributed by atoms with Crippen LogP contribution >= 0.6 is 11.3 Å². The first-order valence-electron chi connectivity index (χ1n) is 8.88. The minimum atomic E-state index is -0.778. The Hall–Kier alpha value is -2.13. The Morgan fingerprint density at radius 1 is 1.41 bits per heavy atom. The molecule has 1 aliphatic heterocycles. The van der Waals surface area contributed by atoms with Gasteiger partial charge in [-0.05, 0) is 31.4 Å². The van der Waals surface area contributed by atoms with Crippen molar-refractivity contribution in [3.63, 3.8) is 0 Å². The minimum absolute atomic E-state index is 0.148. The molecule has 0 spiro atoms. The van der Waals surface area contributed by atoms with Crippen molar-refractivity contribution in [3.05, 3.63) is 41.0 Å². The highest BCUT2D eigenvalue weighted by Crippen LogP contribution is 2.27. The summed E-state index contributed by atoms with van der Waals surface area (Å²) in [5.74, 6) is -0.776. The van der Waals surface area contributed by atoms with E-state index in [-0.39, 0.29) is 12.5 Å². The third kappa shape index (κ3) is 4.41. The van der Waals surface area contributed by atoms with E-state index in [1.54, 1.807) is 18.3 Å². The number of β-amino-alcohol motifs (C(OH)–C–C–N with tert-alkyl or cyclic N) is 1. The number of imide groups is 1. The number of benzene rings is 1. The highest BCUT2D eigenvalue weighted by molar-refractivity contribution is 7.13. The van der Waals surface area contributed by atoms with Crippen LogP contribution in [0, 0.1) is 6.92 Å². The number of nitrogens with zero attached hydrogens (tertiary/aromatic N) is 2. The number of hydrogen-bond donors (Lipinski definition) is 3. The fraction of sp³-hybridized carbons (Fsp3) is 0.421. The van der Waals surface area contributed by atoms with Gasteiger partial charge in [0.05, 0.1) is 40.8 Å². The smallest absolute Gasteiger partial charge is 0.246 e. The Morgan fingerprint density at radius 3 is 2.63 bits per heavy atom. The molecule has 1 aliphatic rings. The van der Waals surface area contributed by atoms with Crippen LogP contribution in [0.5, 0.6) is 0 Å². The van der Waals surface area contributed by atoms with Gasteiger partial charge in [0, 0.05) is 6.54 Å². The number of aryl methyl sites for hydroxylation is 1. The van der Waals surface area contributed by atoms with Crippen molar-refractivity contribution in [1.29, 1.82) is 0 Å². The van der Waals surface area contributed by atoms with Crippen molar-refractivity contribution in [2.75, 3.05) is 6.54 Å². The normalized spacial score (nSPS) is 20.4. The maximum absolute atomic E-state index is 12.8. The number of hydrogen-bond acceptors (Lipinski definition) is 7. The SMILES string of the molecule is Cc1ncsc1-c1ccc(CN(C(=O)[C@H](C)N)C(=O)[C@@H]2C[C@@H](O)CN2)cc1. The molecule has 144 valence electrons. The largest absolute Gasteiger partial charge is 0.392 e. The zero-order valence-corrected chi connectivity index (χ0v) is 16.2. The van der Waals surface area contributed by atoms with E-state index >= 15 is 0 Å². The van der Waals surface area contributed by atoms with Gasteiger partial charge in [-0.15, -0.1) is 11.3 Å². The summed E-state index contributed by atoms with van der Waals surface area (Å²) in [6.07, 6.45) is -0.279. The molecule has 0 radical (unpaired) electrons. The summed E-state index contributed by atoms with van der Waals surface area (Å²) in [6.45, 7) is 4.02. The van der Waals surface area contributed by atoms with Gasteiger partial charge < -0.3 is 16.2 Å². The lowest BCUT2D eigenvalue weighted by Gasteiger charge is -2.25. The van der Waals surface area contributed by atoms with Gasteiger partial charge in [0.25, 0.3) is 0 Å². The van der Waals surface area contributed by atoms with Crippen molar-refractivity contribution in [3.8, 4) is 10.4 Å². The van der Waals surface area contributed by atoms with E-state index < -0.39 is 24.1 Å². The molecule has 2 amide bonds. The van der Waals surface area contributed by atoms with E-state index in [0.29, 0.717) is 13.0 Å². The van der Waals surface area contributed by atoms with Crippen molar-refractivity contribution in [2.24, 2.45) is 5.73 Å². The van der Waals surface area contributed by atoms with E-state index in [0.717, 1.165) is 21.7 Å². The monoisotopic (exact) mass is 388 g/mol. The molecule has 4 N–H and O–H groups in total. The van der Waals surface area contributed by atoms with E-state index in [9.17, 15) is 14.7 Å². The van der Waals surface area contributed by atoms with Gasteiger partial charge in [0.1, 0.15) is 0 Å². The van der Waals surface area contributed by atoms with Gasteiger partial charge in [-0.3, -0.25) is 14.5 Å². The van der Waals surface area contributed by atoms with Crippen molar-refractivity contribution in [1.82, 2.24) is 15.2 Å². The summed E-state index contributed by atoms with van der Waals surface area (Å²) >= 11 is 1.57. The number of aliphatic hydroxyl groups excluding tert-OH is 1. The second kappa shape index (κ2) is 8.26. The molecular formula is C19H24N4O3S. The average molecular weight is 388 g/mol. The molecule has 8 heteroatoms. The van der Waals surface area contributed by atoms with Gasteiger partial charge in [0.15, 0.2) is 0 Å². The molecule has 2 heterocycles. The predicted octanol–water partition coefficient (Wildman–Crippen LogP) is 1.04. The molecule has 1 aromatic heterocycles. The standard InChI is InChI=1S/C19H24N4O3S/c1-11(20)18(25)23(19(26)16-7-15(24)8-21-16)9-13-3-5-14(6-4-13)17-12(2)22-10-27-17/h3-6,10-11,15-16,21,24H,7-9,20H2,1-2H3/t11-,15+,16-/m0/s1. The fourth-order valence-corrected chi connectivity index (χ4v) is 3.94. The molecule has 3 rings (SSSR count). The molecule has 0 saturated carbocycles. The number of amides is 2. The van der Waals surface area contributed by atoms with E-state index in [4.69, 9.17) is 5.73 Å². The molecule has 27 heavy (non-hydrogen) atoms. The summed E-state index contributed by atoms with van der Waals surface area (Å²) in [7, 11) is 0. The van der Waals surface area contributed by atoms with Crippen LogP contribution in [0.2, 0.25) is 0 Å². The van der Waals surface area contributed by atoms with E-state index in [2.05, 4.69) is 10.3 Å². The van der Waals surface area contributed by atoms with Crippen molar-refractivity contribution in [2.45, 2.75) is 45.0 Å². The topological polar surface area (TPSA) is 109 Å². The molecular weight excluding hydrogens is 364 g/mol. The number of carbonyl (C=O) groups is 2. The quantitative estimate of drug-likeness (QED) is 0.706. The second-order valence-electron chi connectivity index (χ2n) is 6.87. The van der Waals surface area contributed by atoms with Crippen LogP contribution < -0.4 is 11.1 Å². The number of aromatic nitrogens is 1. The predicted molar refractivity (Wildman–Crippen MR) is 104 cm³/mol. The van der Waals surface area contributed by atoms with Crippen LogP contribution in [0.3, 0.4) is 0 Å². The third-order valence-corrected chi connectivity index (χ3v) is 5.61. The summed E-state index contributed by atoms with van der Waals surface area (Å²) in [6, 6.07) is 6.39. The van der Waals surface area contributed by atoms with Crippen LogP contribution in [-0.4, -0.2) is 51.5 Å². The Morgan fingerprint density at radius 2 is 2.11 bits per heavy atom. The Balaban J connectivity index is 1.78. The average Bonchev–Trinajstić information content (AvgIpc) is 3.27. The van der Waals surface area contributed by atoms with Crippen molar-refractivity contribution >= 4 is 23.2 Å². The molecule has 0 bridgehead atoms. The lowest BCUT2D eigenvalue weighted by atomic mass is 10.1. The van der Waals surface area contributed by atoms with Gasteiger partial charge in [-0.2, -0.15) is 0 Å². The number of carbonyl (C=O) groups excluding carboxylic acids is 2. The first-order valence-corrected chi connectivity index (χ1v) is 9.76. The maximum atomic E-state index is 12.8. The first-order chi connectivity index (χ1) is 12.9. The zero-order chi connectivity index (χ0) is 19.6. The fourth-order valence-electron chi connectivity index (χ4n) is 3.13. The number of rotatable bonds is 5. The maximum Gasteiger partial charge on any atom is 0.246 e. The van der Waals surface area contributed by atoms with E-state index in [1.165, 1.54) is 4.90 Å². The molecule has 1 aromatic carbocycles. The highest BCUT2D eigenvalue weighted by Gasteiger charge is 2.34. The van der Waals surface area contributed by atoms with Crippen LogP contribution in [0.1, 0.15) is 24.6 Å². The molecule has 1 saturated heterocycles. The van der Waals surface area contributed by atoms with Gasteiger partial charge in [0.2, 0.25) is 11.8 Å². The summed E-state index contributed by atoms with van der Waals surface area (Å²) in [4.78, 5) is 31.9. The number of nitrogens with two attached hydrogens (primary N) is 1. The Kier molecular flexibility index (Phi) is 6.01. The lowest BCUT2D eigenvalue weighted by Crippen LogP contribution is -2.50. The Bertz CT molecular complexity index is 819. The van der Waals surface area contributed by atoms with Crippen LogP contribution in [0.15, 0.2) is 29.8 Å². The number of thiazole rings is 1. The number of nitrogens with one attached hydrogen (secondary N) is 1.